The number of amides is 2. The summed E-state index contributed by atoms with van der Waals surface area (Å²) in [6.07, 6.45) is 2.69. The molecule has 5 nitrogen and oxygen atoms in total. The number of carbonyl (C=O) groups is 1. The van der Waals surface area contributed by atoms with Crippen molar-refractivity contribution in [1.82, 2.24) is 15.2 Å². The highest BCUT2D eigenvalue weighted by Crippen LogP contribution is 2.19. The summed E-state index contributed by atoms with van der Waals surface area (Å²) in [5, 5.41) is 5.62. The van der Waals surface area contributed by atoms with Gasteiger partial charge >= 0.3 is 6.03 Å². The van der Waals surface area contributed by atoms with Crippen LogP contribution in [0.3, 0.4) is 0 Å². The maximum Gasteiger partial charge on any atom is 0.321 e. The Hall–Kier alpha value is -1.56. The Morgan fingerprint density at radius 1 is 1.71 bits per heavy atom. The summed E-state index contributed by atoms with van der Waals surface area (Å²) in [5.74, 6) is 0.424. The summed E-state index contributed by atoms with van der Waals surface area (Å²) in [5.41, 5.74) is 6.05. The van der Waals surface area contributed by atoms with Crippen molar-refractivity contribution >= 4 is 17.4 Å². The van der Waals surface area contributed by atoms with Crippen molar-refractivity contribution in [1.29, 1.82) is 0 Å². The Morgan fingerprint density at radius 3 is 2.94 bits per heavy atom. The van der Waals surface area contributed by atoms with Gasteiger partial charge < -0.3 is 16.0 Å². The van der Waals surface area contributed by atoms with Gasteiger partial charge in [0.2, 0.25) is 0 Å². The number of rotatable bonds is 4. The average molecular weight is 254 g/mol. The van der Waals surface area contributed by atoms with Gasteiger partial charge in [-0.25, -0.2) is 9.78 Å². The highest BCUT2D eigenvalue weighted by atomic mass is 32.1. The highest BCUT2D eigenvalue weighted by molar-refractivity contribution is 7.09. The summed E-state index contributed by atoms with van der Waals surface area (Å²) in [4.78, 5) is 17.6. The molecule has 0 fully saturated rings. The molecule has 17 heavy (non-hydrogen) atoms. The Bertz CT molecular complexity index is 400. The maximum atomic E-state index is 11.5. The standard InChI is InChI=1S/C11H18N4OS/c1-8(2)10-14-9(7-17-10)6-15(3)11(16)13-5-4-12/h4-5,7-8H,6,12H2,1-3H3,(H,13,16)/b5-4-. The minimum Gasteiger partial charge on any atom is -0.403 e. The number of aromatic nitrogens is 1. The van der Waals surface area contributed by atoms with Gasteiger partial charge in [-0.05, 0) is 0 Å². The van der Waals surface area contributed by atoms with Crippen molar-refractivity contribution in [3.05, 3.63) is 28.5 Å². The molecule has 0 saturated carbocycles. The first-order chi connectivity index (χ1) is 8.04. The van der Waals surface area contributed by atoms with Crippen LogP contribution in [0.15, 0.2) is 17.8 Å². The normalized spacial score (nSPS) is 11.1. The molecule has 0 bridgehead atoms. The first-order valence-electron chi connectivity index (χ1n) is 5.37. The summed E-state index contributed by atoms with van der Waals surface area (Å²) in [7, 11) is 1.72. The van der Waals surface area contributed by atoms with Crippen molar-refractivity contribution in [3.8, 4) is 0 Å². The average Bonchev–Trinajstić information content (AvgIpc) is 2.74. The van der Waals surface area contributed by atoms with Crippen LogP contribution in [0.1, 0.15) is 30.5 Å². The van der Waals surface area contributed by atoms with Gasteiger partial charge in [-0.3, -0.25) is 0 Å². The molecule has 1 aromatic rings. The summed E-state index contributed by atoms with van der Waals surface area (Å²) in [6.45, 7) is 4.70. The molecule has 94 valence electrons. The Balaban J connectivity index is 2.55. The molecule has 0 unspecified atom stereocenters. The van der Waals surface area contributed by atoms with Crippen LogP contribution in [0.4, 0.5) is 4.79 Å². The monoisotopic (exact) mass is 254 g/mol. The third-order valence-electron chi connectivity index (χ3n) is 2.11. The molecule has 0 aliphatic carbocycles. The minimum absolute atomic E-state index is 0.203. The molecule has 0 saturated heterocycles. The van der Waals surface area contributed by atoms with Crippen molar-refractivity contribution in [3.63, 3.8) is 0 Å². The van der Waals surface area contributed by atoms with E-state index < -0.39 is 0 Å². The van der Waals surface area contributed by atoms with Crippen molar-refractivity contribution in [2.24, 2.45) is 5.73 Å². The molecule has 1 aromatic heterocycles. The largest absolute Gasteiger partial charge is 0.403 e. The fourth-order valence-corrected chi connectivity index (χ4v) is 2.03. The second-order valence-electron chi connectivity index (χ2n) is 4.00. The zero-order valence-corrected chi connectivity index (χ0v) is 11.1. The number of thiazole rings is 1. The van der Waals surface area contributed by atoms with Crippen molar-refractivity contribution in [2.75, 3.05) is 7.05 Å². The quantitative estimate of drug-likeness (QED) is 0.861. The van der Waals surface area contributed by atoms with E-state index in [0.29, 0.717) is 12.5 Å². The van der Waals surface area contributed by atoms with Crippen LogP contribution in [-0.4, -0.2) is 23.0 Å². The Morgan fingerprint density at radius 2 is 2.41 bits per heavy atom. The zero-order chi connectivity index (χ0) is 12.8. The van der Waals surface area contributed by atoms with Gasteiger partial charge in [0.05, 0.1) is 17.2 Å². The van der Waals surface area contributed by atoms with Gasteiger partial charge in [-0.2, -0.15) is 0 Å². The number of nitrogens with two attached hydrogens (primary N) is 1. The van der Waals surface area contributed by atoms with Gasteiger partial charge in [-0.1, -0.05) is 13.8 Å². The first-order valence-corrected chi connectivity index (χ1v) is 6.25. The lowest BCUT2D eigenvalue weighted by molar-refractivity contribution is 0.210. The minimum atomic E-state index is -0.203. The van der Waals surface area contributed by atoms with Gasteiger partial charge in [0.25, 0.3) is 0 Å². The van der Waals surface area contributed by atoms with E-state index in [1.807, 2.05) is 5.38 Å². The first kappa shape index (κ1) is 13.5. The maximum absolute atomic E-state index is 11.5. The number of hydrogen-bond acceptors (Lipinski definition) is 4. The molecular formula is C11H18N4OS. The van der Waals surface area contributed by atoms with Crippen LogP contribution in [0.2, 0.25) is 0 Å². The van der Waals surface area contributed by atoms with Crippen molar-refractivity contribution in [2.45, 2.75) is 26.3 Å². The molecule has 0 aliphatic rings. The summed E-state index contributed by atoms with van der Waals surface area (Å²) < 4.78 is 0. The molecular weight excluding hydrogens is 236 g/mol. The van der Waals surface area contributed by atoms with Gasteiger partial charge in [0, 0.05) is 30.7 Å². The van der Waals surface area contributed by atoms with E-state index in [1.165, 1.54) is 12.4 Å². The van der Waals surface area contributed by atoms with E-state index in [9.17, 15) is 4.79 Å². The number of nitrogens with zero attached hydrogens (tertiary/aromatic N) is 2. The number of carbonyl (C=O) groups excluding carboxylic acids is 1. The molecule has 2 amide bonds. The summed E-state index contributed by atoms with van der Waals surface area (Å²) in [6, 6.07) is -0.203. The van der Waals surface area contributed by atoms with E-state index in [2.05, 4.69) is 24.1 Å². The van der Waals surface area contributed by atoms with E-state index in [-0.39, 0.29) is 6.03 Å². The fraction of sp³-hybridized carbons (Fsp3) is 0.455. The van der Waals surface area contributed by atoms with Gasteiger partial charge in [0.1, 0.15) is 0 Å². The fourth-order valence-electron chi connectivity index (χ4n) is 1.20. The van der Waals surface area contributed by atoms with Gasteiger partial charge in [-0.15, -0.1) is 11.3 Å². The van der Waals surface area contributed by atoms with E-state index in [1.54, 1.807) is 23.3 Å². The Kier molecular flexibility index (Phi) is 4.96. The topological polar surface area (TPSA) is 71.2 Å². The van der Waals surface area contributed by atoms with Crippen LogP contribution in [0.25, 0.3) is 0 Å². The molecule has 1 heterocycles. The third kappa shape index (κ3) is 4.07. The van der Waals surface area contributed by atoms with Gasteiger partial charge in [0.15, 0.2) is 0 Å². The lowest BCUT2D eigenvalue weighted by Gasteiger charge is -2.14. The third-order valence-corrected chi connectivity index (χ3v) is 3.31. The predicted octanol–water partition coefficient (Wildman–Crippen LogP) is 1.84. The molecule has 0 aromatic carbocycles. The van der Waals surface area contributed by atoms with E-state index in [4.69, 9.17) is 5.73 Å². The van der Waals surface area contributed by atoms with E-state index >= 15 is 0 Å². The van der Waals surface area contributed by atoms with Crippen LogP contribution < -0.4 is 11.1 Å². The lowest BCUT2D eigenvalue weighted by Crippen LogP contribution is -2.34. The number of nitrogens with one attached hydrogen (secondary N) is 1. The molecule has 3 N–H and O–H groups in total. The molecule has 0 radical (unpaired) electrons. The van der Waals surface area contributed by atoms with Crippen molar-refractivity contribution < 1.29 is 4.79 Å². The molecule has 0 aliphatic heterocycles. The number of hydrogen-bond donors (Lipinski definition) is 2. The van der Waals surface area contributed by atoms with Crippen LogP contribution in [0.5, 0.6) is 0 Å². The predicted molar refractivity (Wildman–Crippen MR) is 69.5 cm³/mol. The SMILES string of the molecule is CC(C)c1nc(CN(C)C(=O)N/C=C\N)cs1. The number of urea groups is 1. The smallest absolute Gasteiger partial charge is 0.321 e. The molecule has 0 atom stereocenters. The van der Waals surface area contributed by atoms with Crippen LogP contribution in [0, 0.1) is 0 Å². The second kappa shape index (κ2) is 6.24. The molecule has 6 heteroatoms. The molecule has 1 rings (SSSR count). The Labute approximate surface area is 105 Å². The van der Waals surface area contributed by atoms with Crippen LogP contribution in [-0.2, 0) is 6.54 Å². The second-order valence-corrected chi connectivity index (χ2v) is 4.89. The lowest BCUT2D eigenvalue weighted by atomic mass is 10.2. The van der Waals surface area contributed by atoms with Crippen LogP contribution >= 0.6 is 11.3 Å². The highest BCUT2D eigenvalue weighted by Gasteiger charge is 2.11. The zero-order valence-electron chi connectivity index (χ0n) is 10.3. The summed E-state index contributed by atoms with van der Waals surface area (Å²) >= 11 is 1.63. The van der Waals surface area contributed by atoms with E-state index in [0.717, 1.165) is 10.7 Å². The molecule has 0 spiro atoms.